The molecule has 4 rings (SSSR count). The largest absolute Gasteiger partial charge is 0.382 e. The number of benzene rings is 2. The van der Waals surface area contributed by atoms with Gasteiger partial charge in [-0.05, 0) is 35.4 Å². The molecule has 0 saturated heterocycles. The van der Waals surface area contributed by atoms with Crippen molar-refractivity contribution in [3.8, 4) is 0 Å². The Labute approximate surface area is 168 Å². The maximum absolute atomic E-state index is 13.1. The molecule has 1 aromatic heterocycles. The molecular formula is C19H14ClF2N5O2. The van der Waals surface area contributed by atoms with E-state index in [0.29, 0.717) is 16.8 Å². The molecule has 1 amide bonds. The first-order valence-electron chi connectivity index (χ1n) is 8.61. The smallest absolute Gasteiger partial charge is 0.271 e. The van der Waals surface area contributed by atoms with Crippen molar-refractivity contribution in [3.05, 3.63) is 76.6 Å². The number of nitrogens with one attached hydrogen (secondary N) is 1. The fraction of sp³-hybridized carbons (Fsp3) is 0.158. The van der Waals surface area contributed by atoms with Gasteiger partial charge in [-0.3, -0.25) is 10.1 Å². The molecule has 1 aliphatic heterocycles. The van der Waals surface area contributed by atoms with Crippen LogP contribution < -0.4 is 5.32 Å². The molecule has 0 radical (unpaired) electrons. The first-order valence-corrected chi connectivity index (χ1v) is 8.98. The minimum absolute atomic E-state index is 0.0899. The van der Waals surface area contributed by atoms with Gasteiger partial charge >= 0.3 is 0 Å². The minimum atomic E-state index is -0.839. The zero-order valence-electron chi connectivity index (χ0n) is 14.8. The van der Waals surface area contributed by atoms with Gasteiger partial charge in [0.1, 0.15) is 18.0 Å². The van der Waals surface area contributed by atoms with Crippen molar-refractivity contribution in [2.24, 2.45) is 5.16 Å². The van der Waals surface area contributed by atoms with E-state index >= 15 is 0 Å². The van der Waals surface area contributed by atoms with Gasteiger partial charge in [-0.1, -0.05) is 35.0 Å². The first-order chi connectivity index (χ1) is 14.0. The molecule has 0 aliphatic carbocycles. The molecule has 1 unspecified atom stereocenters. The van der Waals surface area contributed by atoms with E-state index in [9.17, 15) is 13.6 Å². The molecule has 7 nitrogen and oxygen atoms in total. The van der Waals surface area contributed by atoms with Gasteiger partial charge in [0.2, 0.25) is 12.1 Å². The summed E-state index contributed by atoms with van der Waals surface area (Å²) in [6.07, 6.45) is 0.822. The third-order valence-electron chi connectivity index (χ3n) is 4.26. The lowest BCUT2D eigenvalue weighted by Crippen LogP contribution is -2.28. The predicted molar refractivity (Wildman–Crippen MR) is 102 cm³/mol. The van der Waals surface area contributed by atoms with Crippen molar-refractivity contribution in [3.63, 3.8) is 0 Å². The third-order valence-corrected chi connectivity index (χ3v) is 4.61. The van der Waals surface area contributed by atoms with Crippen LogP contribution >= 0.6 is 11.6 Å². The van der Waals surface area contributed by atoms with Crippen molar-refractivity contribution in [2.45, 2.75) is 19.1 Å². The fourth-order valence-electron chi connectivity index (χ4n) is 2.77. The van der Waals surface area contributed by atoms with Crippen molar-refractivity contribution in [2.75, 3.05) is 5.32 Å². The number of rotatable bonds is 5. The Morgan fingerprint density at radius 3 is 2.72 bits per heavy atom. The quantitative estimate of drug-likeness (QED) is 0.690. The second-order valence-electron chi connectivity index (χ2n) is 6.33. The van der Waals surface area contributed by atoms with E-state index < -0.39 is 17.8 Å². The van der Waals surface area contributed by atoms with E-state index in [4.69, 9.17) is 16.4 Å². The monoisotopic (exact) mass is 417 g/mol. The lowest BCUT2D eigenvalue weighted by molar-refractivity contribution is -0.125. The van der Waals surface area contributed by atoms with Gasteiger partial charge in [0.15, 0.2) is 0 Å². The van der Waals surface area contributed by atoms with Crippen molar-refractivity contribution >= 4 is 29.2 Å². The van der Waals surface area contributed by atoms with Crippen LogP contribution in [0.25, 0.3) is 0 Å². The number of anilines is 1. The summed E-state index contributed by atoms with van der Waals surface area (Å²) in [6.45, 7) is 0.264. The van der Waals surface area contributed by atoms with Gasteiger partial charge in [0, 0.05) is 11.4 Å². The van der Waals surface area contributed by atoms with Crippen LogP contribution in [0.5, 0.6) is 0 Å². The second kappa shape index (κ2) is 7.96. The van der Waals surface area contributed by atoms with E-state index in [1.807, 2.05) is 0 Å². The topological polar surface area (TPSA) is 81.4 Å². The first kappa shape index (κ1) is 19.0. The molecular weight excluding hydrogens is 404 g/mol. The Kier molecular flexibility index (Phi) is 5.22. The number of hydrogen-bond acceptors (Lipinski definition) is 5. The zero-order chi connectivity index (χ0) is 20.4. The number of oxime groups is 1. The van der Waals surface area contributed by atoms with E-state index in [1.165, 1.54) is 35.3 Å². The van der Waals surface area contributed by atoms with Crippen LogP contribution in [-0.2, 0) is 16.2 Å². The highest BCUT2D eigenvalue weighted by Gasteiger charge is 2.29. The van der Waals surface area contributed by atoms with Crippen molar-refractivity contribution < 1.29 is 18.4 Å². The van der Waals surface area contributed by atoms with Crippen LogP contribution in [0.15, 0.2) is 53.9 Å². The SMILES string of the molecule is O=C(Nc1ncn(Cc2ccc(F)cc2Cl)n1)C1CC(c2ccc(F)cc2)=NO1. The molecule has 29 heavy (non-hydrogen) atoms. The maximum atomic E-state index is 13.1. The number of nitrogens with zero attached hydrogens (tertiary/aromatic N) is 4. The van der Waals surface area contributed by atoms with Crippen LogP contribution in [0.3, 0.4) is 0 Å². The number of amides is 1. The summed E-state index contributed by atoms with van der Waals surface area (Å²) >= 11 is 6.01. The molecule has 1 N–H and O–H groups in total. The molecule has 148 valence electrons. The standard InChI is InChI=1S/C19H14ClF2N5O2/c20-15-7-14(22)6-3-12(15)9-27-10-23-19(25-27)24-18(28)17-8-16(26-29-17)11-1-4-13(21)5-2-11/h1-7,10,17H,8-9H2,(H,24,25,28). The lowest BCUT2D eigenvalue weighted by Gasteiger charge is -2.07. The molecule has 2 heterocycles. The van der Waals surface area contributed by atoms with E-state index in [-0.39, 0.29) is 29.8 Å². The van der Waals surface area contributed by atoms with Gasteiger partial charge in [0.05, 0.1) is 12.3 Å². The number of carbonyl (C=O) groups excluding carboxylic acids is 1. The number of hydrogen-bond donors (Lipinski definition) is 1. The van der Waals surface area contributed by atoms with Crippen molar-refractivity contribution in [1.29, 1.82) is 0 Å². The molecule has 10 heteroatoms. The summed E-state index contributed by atoms with van der Waals surface area (Å²) in [7, 11) is 0. The van der Waals surface area contributed by atoms with E-state index in [0.717, 1.165) is 0 Å². The van der Waals surface area contributed by atoms with Gasteiger partial charge in [0.25, 0.3) is 5.91 Å². The number of halogens is 3. The minimum Gasteiger partial charge on any atom is -0.382 e. The molecule has 0 fully saturated rings. The number of carbonyl (C=O) groups is 1. The average Bonchev–Trinajstić information content (AvgIpc) is 3.34. The van der Waals surface area contributed by atoms with Crippen LogP contribution in [0.4, 0.5) is 14.7 Å². The summed E-state index contributed by atoms with van der Waals surface area (Å²) in [6, 6.07) is 9.84. The Morgan fingerprint density at radius 2 is 1.97 bits per heavy atom. The number of aromatic nitrogens is 3. The van der Waals surface area contributed by atoms with Gasteiger partial charge in [-0.15, -0.1) is 5.10 Å². The summed E-state index contributed by atoms with van der Waals surface area (Å²) in [5, 5.41) is 10.9. The zero-order valence-corrected chi connectivity index (χ0v) is 15.6. The maximum Gasteiger partial charge on any atom is 0.271 e. The molecule has 0 bridgehead atoms. The average molecular weight is 418 g/mol. The van der Waals surface area contributed by atoms with Gasteiger partial charge in [-0.25, -0.2) is 18.4 Å². The highest BCUT2D eigenvalue weighted by Crippen LogP contribution is 2.20. The van der Waals surface area contributed by atoms with Crippen LogP contribution in [0.2, 0.25) is 5.02 Å². The molecule has 0 spiro atoms. The van der Waals surface area contributed by atoms with E-state index in [1.54, 1.807) is 18.2 Å². The van der Waals surface area contributed by atoms with Crippen molar-refractivity contribution in [1.82, 2.24) is 14.8 Å². The van der Waals surface area contributed by atoms with Crippen LogP contribution in [-0.4, -0.2) is 32.5 Å². The Morgan fingerprint density at radius 1 is 1.21 bits per heavy atom. The summed E-state index contributed by atoms with van der Waals surface area (Å²) in [4.78, 5) is 21.6. The van der Waals surface area contributed by atoms with Gasteiger partial charge in [-0.2, -0.15) is 0 Å². The highest BCUT2D eigenvalue weighted by molar-refractivity contribution is 6.31. The predicted octanol–water partition coefficient (Wildman–Crippen LogP) is 3.39. The highest BCUT2D eigenvalue weighted by atomic mass is 35.5. The molecule has 3 aromatic rings. The summed E-state index contributed by atoms with van der Waals surface area (Å²) < 4.78 is 27.6. The molecule has 0 saturated carbocycles. The van der Waals surface area contributed by atoms with E-state index in [2.05, 4.69) is 20.6 Å². The summed E-state index contributed by atoms with van der Waals surface area (Å²) in [5.74, 6) is -1.15. The Hall–Kier alpha value is -3.33. The second-order valence-corrected chi connectivity index (χ2v) is 6.74. The summed E-state index contributed by atoms with van der Waals surface area (Å²) in [5.41, 5.74) is 1.89. The normalized spacial score (nSPS) is 15.7. The lowest BCUT2D eigenvalue weighted by atomic mass is 10.0. The van der Waals surface area contributed by atoms with Gasteiger partial charge < -0.3 is 4.84 Å². The fourth-order valence-corrected chi connectivity index (χ4v) is 3.00. The molecule has 2 aromatic carbocycles. The van der Waals surface area contributed by atoms with Crippen LogP contribution in [0, 0.1) is 11.6 Å². The van der Waals surface area contributed by atoms with Crippen LogP contribution in [0.1, 0.15) is 17.5 Å². The third kappa shape index (κ3) is 4.40. The Bertz CT molecular complexity index is 1080. The molecule has 1 aliphatic rings. The molecule has 1 atom stereocenters. The Balaban J connectivity index is 1.35.